The topological polar surface area (TPSA) is 78.6 Å². The average molecular weight is 293 g/mol. The molecule has 1 fully saturated rings. The van der Waals surface area contributed by atoms with Gasteiger partial charge in [0.15, 0.2) is 0 Å². The fourth-order valence-electron chi connectivity index (χ4n) is 2.74. The van der Waals surface area contributed by atoms with Crippen LogP contribution in [-0.2, 0) is 0 Å². The molecule has 6 heteroatoms. The normalized spacial score (nSPS) is 18.0. The van der Waals surface area contributed by atoms with Gasteiger partial charge in [0.25, 0.3) is 5.69 Å². The van der Waals surface area contributed by atoms with Gasteiger partial charge in [0.1, 0.15) is 0 Å². The van der Waals surface area contributed by atoms with E-state index in [2.05, 4.69) is 17.1 Å². The van der Waals surface area contributed by atoms with Crippen LogP contribution in [0.5, 0.6) is 0 Å². The second-order valence-electron chi connectivity index (χ2n) is 5.53. The Morgan fingerprint density at radius 3 is 2.95 bits per heavy atom. The number of nitrogens with zero attached hydrogens (tertiary/aromatic N) is 2. The summed E-state index contributed by atoms with van der Waals surface area (Å²) in [7, 11) is 0. The Labute approximate surface area is 124 Å². The number of nitro benzene ring substituents is 1. The van der Waals surface area contributed by atoms with Crippen LogP contribution in [0.25, 0.3) is 0 Å². The number of rotatable bonds is 7. The summed E-state index contributed by atoms with van der Waals surface area (Å²) in [5.74, 6) is 0.473. The van der Waals surface area contributed by atoms with Gasteiger partial charge < -0.3 is 15.3 Å². The summed E-state index contributed by atoms with van der Waals surface area (Å²) in [6.45, 7) is 4.81. The summed E-state index contributed by atoms with van der Waals surface area (Å²) in [5, 5.41) is 23.3. The Bertz CT molecular complexity index is 493. The van der Waals surface area contributed by atoms with Crippen molar-refractivity contribution in [3.63, 3.8) is 0 Å². The molecule has 0 aliphatic carbocycles. The van der Waals surface area contributed by atoms with Gasteiger partial charge in [-0.2, -0.15) is 0 Å². The first-order valence-corrected chi connectivity index (χ1v) is 7.53. The van der Waals surface area contributed by atoms with Gasteiger partial charge in [-0.05, 0) is 31.2 Å². The Morgan fingerprint density at radius 2 is 2.29 bits per heavy atom. The molecule has 116 valence electrons. The van der Waals surface area contributed by atoms with Crippen LogP contribution in [0.15, 0.2) is 18.2 Å². The Balaban J connectivity index is 2.17. The van der Waals surface area contributed by atoms with Gasteiger partial charge in [-0.15, -0.1) is 0 Å². The van der Waals surface area contributed by atoms with Crippen LogP contribution in [0.4, 0.5) is 17.1 Å². The molecule has 1 aromatic rings. The number of anilines is 2. The van der Waals surface area contributed by atoms with Crippen molar-refractivity contribution < 1.29 is 10.0 Å². The highest BCUT2D eigenvalue weighted by Crippen LogP contribution is 2.31. The zero-order valence-corrected chi connectivity index (χ0v) is 12.4. The summed E-state index contributed by atoms with van der Waals surface area (Å²) in [6, 6.07) is 5.20. The standard InChI is InChI=1S/C15H23N3O3/c1-2-5-16-13-8-14(10-15(9-13)18(20)21)17-6-3-12(11-17)4-7-19/h8-10,12,16,19H,2-7,11H2,1H3. The molecule has 2 rings (SSSR count). The van der Waals surface area contributed by atoms with Crippen molar-refractivity contribution in [2.24, 2.45) is 5.92 Å². The zero-order chi connectivity index (χ0) is 15.2. The Kier molecular flexibility index (Phi) is 5.38. The largest absolute Gasteiger partial charge is 0.396 e. The number of hydrogen-bond acceptors (Lipinski definition) is 5. The third-order valence-electron chi connectivity index (χ3n) is 3.88. The van der Waals surface area contributed by atoms with E-state index in [1.807, 2.05) is 6.07 Å². The minimum Gasteiger partial charge on any atom is -0.396 e. The van der Waals surface area contributed by atoms with Crippen molar-refractivity contribution in [2.45, 2.75) is 26.2 Å². The average Bonchev–Trinajstić information content (AvgIpc) is 2.94. The molecule has 0 spiro atoms. The summed E-state index contributed by atoms with van der Waals surface area (Å²) in [6.07, 6.45) is 2.80. The minimum atomic E-state index is -0.345. The Morgan fingerprint density at radius 1 is 1.48 bits per heavy atom. The lowest BCUT2D eigenvalue weighted by Gasteiger charge is -2.19. The molecule has 0 radical (unpaired) electrons. The van der Waals surface area contributed by atoms with E-state index >= 15 is 0 Å². The molecule has 0 bridgehead atoms. The van der Waals surface area contributed by atoms with Crippen LogP contribution >= 0.6 is 0 Å². The van der Waals surface area contributed by atoms with Crippen LogP contribution < -0.4 is 10.2 Å². The molecule has 1 saturated heterocycles. The van der Waals surface area contributed by atoms with Gasteiger partial charge in [-0.25, -0.2) is 0 Å². The molecular weight excluding hydrogens is 270 g/mol. The van der Waals surface area contributed by atoms with E-state index in [-0.39, 0.29) is 17.2 Å². The zero-order valence-electron chi connectivity index (χ0n) is 12.4. The maximum atomic E-state index is 11.1. The fraction of sp³-hybridized carbons (Fsp3) is 0.600. The number of hydrogen-bond donors (Lipinski definition) is 2. The van der Waals surface area contributed by atoms with Gasteiger partial charge in [-0.1, -0.05) is 6.92 Å². The number of aliphatic hydroxyl groups excluding tert-OH is 1. The number of nitrogens with one attached hydrogen (secondary N) is 1. The second-order valence-corrected chi connectivity index (χ2v) is 5.53. The third kappa shape index (κ3) is 4.07. The molecule has 1 aliphatic rings. The summed E-state index contributed by atoms with van der Waals surface area (Å²) >= 11 is 0. The van der Waals surface area contributed by atoms with Crippen molar-refractivity contribution in [3.8, 4) is 0 Å². The predicted octanol–water partition coefficient (Wildman–Crippen LogP) is 2.63. The van der Waals surface area contributed by atoms with Crippen LogP contribution in [0, 0.1) is 16.0 Å². The Hall–Kier alpha value is -1.82. The van der Waals surface area contributed by atoms with Crippen LogP contribution in [0.3, 0.4) is 0 Å². The quantitative estimate of drug-likeness (QED) is 0.597. The van der Waals surface area contributed by atoms with Gasteiger partial charge in [0.05, 0.1) is 4.92 Å². The predicted molar refractivity (Wildman–Crippen MR) is 83.9 cm³/mol. The molecule has 0 aromatic heterocycles. The van der Waals surface area contributed by atoms with Gasteiger partial charge >= 0.3 is 0 Å². The van der Waals surface area contributed by atoms with E-state index in [1.54, 1.807) is 12.1 Å². The lowest BCUT2D eigenvalue weighted by Crippen LogP contribution is -2.20. The molecule has 1 aliphatic heterocycles. The van der Waals surface area contributed by atoms with E-state index in [9.17, 15) is 10.1 Å². The third-order valence-corrected chi connectivity index (χ3v) is 3.88. The van der Waals surface area contributed by atoms with Crippen LogP contribution in [0.2, 0.25) is 0 Å². The minimum absolute atomic E-state index is 0.122. The molecular formula is C15H23N3O3. The first kappa shape index (κ1) is 15.6. The van der Waals surface area contributed by atoms with E-state index in [0.717, 1.165) is 50.3 Å². The summed E-state index contributed by atoms with van der Waals surface area (Å²) in [4.78, 5) is 12.9. The van der Waals surface area contributed by atoms with Gasteiger partial charge in [0, 0.05) is 49.7 Å². The molecule has 1 atom stereocenters. The molecule has 0 saturated carbocycles. The van der Waals surface area contributed by atoms with Crippen LogP contribution in [0.1, 0.15) is 26.2 Å². The number of benzene rings is 1. The summed E-state index contributed by atoms with van der Waals surface area (Å²) < 4.78 is 0. The van der Waals surface area contributed by atoms with E-state index in [0.29, 0.717) is 5.92 Å². The van der Waals surface area contributed by atoms with Crippen molar-refractivity contribution in [1.82, 2.24) is 0 Å². The van der Waals surface area contributed by atoms with Gasteiger partial charge in [-0.3, -0.25) is 10.1 Å². The lowest BCUT2D eigenvalue weighted by molar-refractivity contribution is -0.384. The van der Waals surface area contributed by atoms with Crippen molar-refractivity contribution in [3.05, 3.63) is 28.3 Å². The molecule has 1 aromatic carbocycles. The monoisotopic (exact) mass is 293 g/mol. The first-order valence-electron chi connectivity index (χ1n) is 7.53. The smallest absolute Gasteiger partial charge is 0.273 e. The van der Waals surface area contributed by atoms with Crippen molar-refractivity contribution >= 4 is 17.1 Å². The van der Waals surface area contributed by atoms with E-state index in [1.165, 1.54) is 0 Å². The number of nitro groups is 1. The first-order chi connectivity index (χ1) is 10.1. The molecule has 2 N–H and O–H groups in total. The molecule has 1 unspecified atom stereocenters. The number of aliphatic hydroxyl groups is 1. The SMILES string of the molecule is CCCNc1cc(N2CCC(CCO)C2)cc([N+](=O)[O-])c1. The van der Waals surface area contributed by atoms with E-state index in [4.69, 9.17) is 5.11 Å². The van der Waals surface area contributed by atoms with Crippen molar-refractivity contribution in [2.75, 3.05) is 36.5 Å². The molecule has 21 heavy (non-hydrogen) atoms. The lowest BCUT2D eigenvalue weighted by atomic mass is 10.1. The van der Waals surface area contributed by atoms with E-state index < -0.39 is 0 Å². The maximum Gasteiger partial charge on any atom is 0.273 e. The molecule has 6 nitrogen and oxygen atoms in total. The second kappa shape index (κ2) is 7.26. The highest BCUT2D eigenvalue weighted by Gasteiger charge is 2.23. The molecule has 0 amide bonds. The number of non-ortho nitro benzene ring substituents is 1. The highest BCUT2D eigenvalue weighted by atomic mass is 16.6. The van der Waals surface area contributed by atoms with Crippen LogP contribution in [-0.4, -0.2) is 36.3 Å². The molecule has 1 heterocycles. The fourth-order valence-corrected chi connectivity index (χ4v) is 2.74. The van der Waals surface area contributed by atoms with Crippen molar-refractivity contribution in [1.29, 1.82) is 0 Å². The summed E-state index contributed by atoms with van der Waals surface area (Å²) in [5.41, 5.74) is 1.81. The van der Waals surface area contributed by atoms with Gasteiger partial charge in [0.2, 0.25) is 0 Å². The highest BCUT2D eigenvalue weighted by molar-refractivity contribution is 5.64. The maximum absolute atomic E-state index is 11.1.